The van der Waals surface area contributed by atoms with Gasteiger partial charge in [-0.1, -0.05) is 37.9 Å². The molecular weight excluding hydrogens is 159 g/mol. The Kier molecular flexibility index (Phi) is 8.13. The van der Waals surface area contributed by atoms with E-state index in [0.717, 1.165) is 12.2 Å². The molecule has 0 saturated carbocycles. The highest BCUT2D eigenvalue weighted by Crippen LogP contribution is 2.18. The summed E-state index contributed by atoms with van der Waals surface area (Å²) in [4.78, 5) is 0. The van der Waals surface area contributed by atoms with Gasteiger partial charge in [0.2, 0.25) is 0 Å². The molecule has 0 bridgehead atoms. The largest absolute Gasteiger partial charge is 0.200 e. The van der Waals surface area contributed by atoms with Gasteiger partial charge in [0, 0.05) is 5.75 Å². The summed E-state index contributed by atoms with van der Waals surface area (Å²) in [6, 6.07) is 0. The summed E-state index contributed by atoms with van der Waals surface area (Å²) < 4.78 is 12.5. The van der Waals surface area contributed by atoms with Gasteiger partial charge in [-0.05, 0) is 19.4 Å². The molecule has 0 aliphatic heterocycles. The maximum absolute atomic E-state index is 12.5. The third-order valence-corrected chi connectivity index (χ3v) is 2.47. The van der Waals surface area contributed by atoms with E-state index < -0.39 is 0 Å². The van der Waals surface area contributed by atoms with Crippen molar-refractivity contribution in [3.8, 4) is 0 Å². The van der Waals surface area contributed by atoms with Crippen LogP contribution in [-0.2, 0) is 0 Å². The zero-order chi connectivity index (χ0) is 8.53. The van der Waals surface area contributed by atoms with Gasteiger partial charge in [-0.25, -0.2) is 0 Å². The molecule has 0 atom stereocenters. The molecule has 0 fully saturated rings. The fourth-order valence-corrected chi connectivity index (χ4v) is 1.49. The number of hydrogen-bond donors (Lipinski definition) is 0. The molecule has 0 heterocycles. The van der Waals surface area contributed by atoms with E-state index in [1.165, 1.54) is 37.1 Å². The molecule has 0 aromatic heterocycles. The van der Waals surface area contributed by atoms with Gasteiger partial charge in [-0.3, -0.25) is 0 Å². The lowest BCUT2D eigenvalue weighted by molar-refractivity contribution is 0.690. The molecule has 11 heavy (non-hydrogen) atoms. The highest BCUT2D eigenvalue weighted by atomic mass is 32.2. The molecule has 0 nitrogen and oxygen atoms in total. The monoisotopic (exact) mass is 176 g/mol. The van der Waals surface area contributed by atoms with Crippen LogP contribution >= 0.6 is 11.8 Å². The van der Waals surface area contributed by atoms with Crippen LogP contribution in [0.5, 0.6) is 0 Å². The molecule has 2 heteroatoms. The fourth-order valence-electron chi connectivity index (χ4n) is 0.782. The maximum Gasteiger partial charge on any atom is 0.152 e. The predicted molar refractivity (Wildman–Crippen MR) is 51.5 cm³/mol. The summed E-state index contributed by atoms with van der Waals surface area (Å²) >= 11 is 1.32. The average molecular weight is 176 g/mol. The summed E-state index contributed by atoms with van der Waals surface area (Å²) in [7, 11) is 0. The van der Waals surface area contributed by atoms with Crippen LogP contribution in [0.25, 0.3) is 0 Å². The van der Waals surface area contributed by atoms with Crippen molar-refractivity contribution >= 4 is 11.8 Å². The smallest absolute Gasteiger partial charge is 0.152 e. The first-order valence-corrected chi connectivity index (χ1v) is 5.24. The van der Waals surface area contributed by atoms with Gasteiger partial charge in [-0.15, -0.1) is 0 Å². The second kappa shape index (κ2) is 8.12. The van der Waals surface area contributed by atoms with Crippen molar-refractivity contribution in [1.29, 1.82) is 0 Å². The van der Waals surface area contributed by atoms with Crippen molar-refractivity contribution in [3.05, 3.63) is 11.2 Å². The van der Waals surface area contributed by atoms with Crippen molar-refractivity contribution < 1.29 is 4.39 Å². The molecule has 0 unspecified atom stereocenters. The molecule has 0 amide bonds. The van der Waals surface area contributed by atoms with Crippen molar-refractivity contribution in [2.45, 2.75) is 39.5 Å². The van der Waals surface area contributed by atoms with Crippen LogP contribution in [0.15, 0.2) is 11.2 Å². The molecule has 0 saturated heterocycles. The molecule has 0 aliphatic rings. The lowest BCUT2D eigenvalue weighted by Gasteiger charge is -1.97. The second-order valence-corrected chi connectivity index (χ2v) is 3.59. The Labute approximate surface area is 73.3 Å². The maximum atomic E-state index is 12.5. The van der Waals surface area contributed by atoms with Crippen molar-refractivity contribution in [2.75, 3.05) is 5.75 Å². The molecule has 0 rings (SSSR count). The van der Waals surface area contributed by atoms with E-state index in [4.69, 9.17) is 0 Å². The Morgan fingerprint density at radius 2 is 2.09 bits per heavy atom. The topological polar surface area (TPSA) is 0 Å². The number of thioether (sulfide) groups is 1. The van der Waals surface area contributed by atoms with Crippen LogP contribution in [0.3, 0.4) is 0 Å². The molecule has 0 aromatic carbocycles. The number of allylic oxidation sites excluding steroid dienone is 1. The Balaban J connectivity index is 3.02. The minimum atomic E-state index is -0.0403. The highest BCUT2D eigenvalue weighted by molar-refractivity contribution is 8.02. The molecule has 0 radical (unpaired) electrons. The SMILES string of the molecule is CC=C(F)SCCCCCC. The first-order valence-electron chi connectivity index (χ1n) is 4.25. The van der Waals surface area contributed by atoms with Crippen molar-refractivity contribution in [1.82, 2.24) is 0 Å². The second-order valence-electron chi connectivity index (χ2n) is 2.50. The molecule has 0 aliphatic carbocycles. The zero-order valence-corrected chi connectivity index (χ0v) is 8.22. The van der Waals surface area contributed by atoms with E-state index in [0.29, 0.717) is 0 Å². The van der Waals surface area contributed by atoms with E-state index in [9.17, 15) is 4.39 Å². The highest BCUT2D eigenvalue weighted by Gasteiger charge is 1.93. The van der Waals surface area contributed by atoms with E-state index in [1.54, 1.807) is 6.92 Å². The van der Waals surface area contributed by atoms with Gasteiger partial charge in [-0.2, -0.15) is 4.39 Å². The van der Waals surface area contributed by atoms with Crippen LogP contribution in [0.2, 0.25) is 0 Å². The average Bonchev–Trinajstić information content (AvgIpc) is 2.04. The zero-order valence-electron chi connectivity index (χ0n) is 7.40. The first kappa shape index (κ1) is 11.0. The lowest BCUT2D eigenvalue weighted by atomic mass is 10.2. The van der Waals surface area contributed by atoms with Crippen LogP contribution in [-0.4, -0.2) is 5.75 Å². The van der Waals surface area contributed by atoms with Crippen LogP contribution in [0, 0.1) is 0 Å². The number of unbranched alkanes of at least 4 members (excludes halogenated alkanes) is 3. The van der Waals surface area contributed by atoms with E-state index >= 15 is 0 Å². The van der Waals surface area contributed by atoms with E-state index in [1.807, 2.05) is 0 Å². The quantitative estimate of drug-likeness (QED) is 0.548. The third-order valence-electron chi connectivity index (χ3n) is 1.46. The normalized spacial score (nSPS) is 12.1. The van der Waals surface area contributed by atoms with Gasteiger partial charge in [0.05, 0.1) is 0 Å². The van der Waals surface area contributed by atoms with E-state index in [2.05, 4.69) is 6.92 Å². The van der Waals surface area contributed by atoms with Gasteiger partial charge in [0.25, 0.3) is 0 Å². The predicted octanol–water partition coefficient (Wildman–Crippen LogP) is 4.13. The number of rotatable bonds is 6. The van der Waals surface area contributed by atoms with Gasteiger partial charge in [0.15, 0.2) is 5.16 Å². The van der Waals surface area contributed by atoms with Crippen LogP contribution < -0.4 is 0 Å². The molecule has 0 spiro atoms. The van der Waals surface area contributed by atoms with Crippen molar-refractivity contribution in [2.24, 2.45) is 0 Å². The van der Waals surface area contributed by atoms with Gasteiger partial charge < -0.3 is 0 Å². The summed E-state index contributed by atoms with van der Waals surface area (Å²) in [5.41, 5.74) is 0. The van der Waals surface area contributed by atoms with Crippen LogP contribution in [0.4, 0.5) is 4.39 Å². The molecular formula is C9H17FS. The lowest BCUT2D eigenvalue weighted by Crippen LogP contribution is -1.79. The Bertz CT molecular complexity index is 110. The number of hydrogen-bond acceptors (Lipinski definition) is 1. The summed E-state index contributed by atoms with van der Waals surface area (Å²) in [6.07, 6.45) is 6.42. The summed E-state index contributed by atoms with van der Waals surface area (Å²) in [5, 5.41) is -0.0403. The molecule has 0 N–H and O–H groups in total. The van der Waals surface area contributed by atoms with Gasteiger partial charge >= 0.3 is 0 Å². The molecule has 0 aromatic rings. The van der Waals surface area contributed by atoms with Crippen LogP contribution in [0.1, 0.15) is 39.5 Å². The van der Waals surface area contributed by atoms with Gasteiger partial charge in [0.1, 0.15) is 0 Å². The minimum Gasteiger partial charge on any atom is -0.200 e. The summed E-state index contributed by atoms with van der Waals surface area (Å²) in [6.45, 7) is 3.91. The Morgan fingerprint density at radius 1 is 1.36 bits per heavy atom. The first-order chi connectivity index (χ1) is 5.31. The van der Waals surface area contributed by atoms with Crippen molar-refractivity contribution in [3.63, 3.8) is 0 Å². The Morgan fingerprint density at radius 3 is 2.64 bits per heavy atom. The van der Waals surface area contributed by atoms with E-state index in [-0.39, 0.29) is 5.16 Å². The number of halogens is 1. The standard InChI is InChI=1S/C9H17FS/c1-3-5-6-7-8-11-9(10)4-2/h4H,3,5-8H2,1-2H3. The minimum absolute atomic E-state index is 0.0403. The summed E-state index contributed by atoms with van der Waals surface area (Å²) in [5.74, 6) is 0.927. The third kappa shape index (κ3) is 7.92. The fraction of sp³-hybridized carbons (Fsp3) is 0.778. The molecule has 66 valence electrons. The Hall–Kier alpha value is 0.0200.